The first-order valence-electron chi connectivity index (χ1n) is 13.3. The van der Waals surface area contributed by atoms with Crippen molar-refractivity contribution in [1.82, 2.24) is 19.7 Å². The van der Waals surface area contributed by atoms with Crippen molar-refractivity contribution in [3.05, 3.63) is 100 Å². The second kappa shape index (κ2) is 11.1. The molecule has 6 rings (SSSR count). The minimum atomic E-state index is -0.755. The fraction of sp³-hybridized carbons (Fsp3) is 0.200. The van der Waals surface area contributed by atoms with Gasteiger partial charge >= 0.3 is 0 Å². The molecule has 10 nitrogen and oxygen atoms in total. The molecule has 0 saturated heterocycles. The summed E-state index contributed by atoms with van der Waals surface area (Å²) in [6, 6.07) is 12.2. The minimum absolute atomic E-state index is 0.110. The van der Waals surface area contributed by atoms with Crippen LogP contribution in [0.2, 0.25) is 0 Å². The maximum absolute atomic E-state index is 15.2. The highest BCUT2D eigenvalue weighted by molar-refractivity contribution is 6.04. The Labute approximate surface area is 238 Å². The molecule has 214 valence electrons. The summed E-state index contributed by atoms with van der Waals surface area (Å²) < 4.78 is 35.9. The molecule has 1 amide bonds. The molecule has 3 heterocycles. The van der Waals surface area contributed by atoms with Gasteiger partial charge in [0.25, 0.3) is 11.5 Å². The van der Waals surface area contributed by atoms with Crippen LogP contribution in [0, 0.1) is 11.6 Å². The van der Waals surface area contributed by atoms with Crippen molar-refractivity contribution in [2.24, 2.45) is 0 Å². The van der Waals surface area contributed by atoms with Crippen LogP contribution in [0.1, 0.15) is 41.6 Å². The van der Waals surface area contributed by atoms with Gasteiger partial charge in [-0.1, -0.05) is 0 Å². The number of ether oxygens (including phenoxy) is 1. The lowest BCUT2D eigenvalue weighted by Crippen LogP contribution is -2.28. The zero-order valence-electron chi connectivity index (χ0n) is 22.4. The third kappa shape index (κ3) is 5.44. The minimum Gasteiger partial charge on any atom is -0.453 e. The van der Waals surface area contributed by atoms with Gasteiger partial charge in [0.15, 0.2) is 23.0 Å². The molecule has 0 spiro atoms. The average Bonchev–Trinajstić information content (AvgIpc) is 3.76. The van der Waals surface area contributed by atoms with E-state index in [9.17, 15) is 19.1 Å². The molecule has 12 heteroatoms. The zero-order valence-corrected chi connectivity index (χ0v) is 22.4. The summed E-state index contributed by atoms with van der Waals surface area (Å²) in [5, 5.41) is 22.4. The summed E-state index contributed by atoms with van der Waals surface area (Å²) >= 11 is 0. The lowest BCUT2D eigenvalue weighted by Gasteiger charge is -2.13. The fourth-order valence-electron chi connectivity index (χ4n) is 4.57. The number of carbonyl (C=O) groups excluding carboxylic acids is 1. The van der Waals surface area contributed by atoms with Gasteiger partial charge in [0, 0.05) is 41.9 Å². The molecule has 1 atom stereocenters. The quantitative estimate of drug-likeness (QED) is 0.193. The number of pyridine rings is 2. The normalized spacial score (nSPS) is 13.6. The number of aliphatic hydroxyl groups is 1. The number of nitrogens with zero attached hydrogens (tertiary/aromatic N) is 3. The van der Waals surface area contributed by atoms with Crippen LogP contribution in [-0.2, 0) is 0 Å². The topological polar surface area (TPSA) is 134 Å². The maximum atomic E-state index is 15.2. The number of rotatable bonds is 9. The molecule has 1 aliphatic carbocycles. The Morgan fingerprint density at radius 3 is 2.64 bits per heavy atom. The molecule has 4 N–H and O–H groups in total. The Morgan fingerprint density at radius 1 is 1.14 bits per heavy atom. The van der Waals surface area contributed by atoms with Gasteiger partial charge in [-0.3, -0.25) is 19.3 Å². The van der Waals surface area contributed by atoms with E-state index in [1.165, 1.54) is 47.2 Å². The predicted molar refractivity (Wildman–Crippen MR) is 152 cm³/mol. The number of aliphatic hydroxyl groups excluding tert-OH is 1. The first-order valence-corrected chi connectivity index (χ1v) is 13.3. The van der Waals surface area contributed by atoms with Crippen LogP contribution in [0.15, 0.2) is 71.8 Å². The van der Waals surface area contributed by atoms with Crippen LogP contribution < -0.4 is 20.9 Å². The molecule has 1 saturated carbocycles. The van der Waals surface area contributed by atoms with Crippen molar-refractivity contribution in [2.45, 2.75) is 31.7 Å². The van der Waals surface area contributed by atoms with Crippen molar-refractivity contribution in [1.29, 1.82) is 0 Å². The van der Waals surface area contributed by atoms with Crippen molar-refractivity contribution in [2.75, 3.05) is 17.2 Å². The van der Waals surface area contributed by atoms with Crippen molar-refractivity contribution in [3.63, 3.8) is 0 Å². The monoisotopic (exact) mass is 572 g/mol. The molecule has 2 aromatic carbocycles. The van der Waals surface area contributed by atoms with Crippen LogP contribution in [0.5, 0.6) is 11.5 Å². The van der Waals surface area contributed by atoms with Gasteiger partial charge in [-0.2, -0.15) is 5.10 Å². The van der Waals surface area contributed by atoms with Gasteiger partial charge in [0.1, 0.15) is 22.5 Å². The van der Waals surface area contributed by atoms with Gasteiger partial charge in [0.05, 0.1) is 6.61 Å². The number of halogens is 2. The highest BCUT2D eigenvalue weighted by atomic mass is 19.1. The molecule has 42 heavy (non-hydrogen) atoms. The largest absolute Gasteiger partial charge is 0.453 e. The summed E-state index contributed by atoms with van der Waals surface area (Å²) in [4.78, 5) is 30.7. The molecule has 0 unspecified atom stereocenters. The van der Waals surface area contributed by atoms with E-state index in [2.05, 4.69) is 25.8 Å². The molecule has 3 aromatic heterocycles. The highest BCUT2D eigenvalue weighted by Gasteiger charge is 2.27. The number of fused-ring (bicyclic) bond motifs is 1. The van der Waals surface area contributed by atoms with E-state index < -0.39 is 23.1 Å². The Hall–Kier alpha value is -5.10. The molecule has 0 bridgehead atoms. The predicted octanol–water partition coefficient (Wildman–Crippen LogP) is 5.10. The Kier molecular flexibility index (Phi) is 7.13. The van der Waals surface area contributed by atoms with Gasteiger partial charge in [-0.25, -0.2) is 13.8 Å². The molecule has 0 aliphatic heterocycles. The van der Waals surface area contributed by atoms with E-state index in [0.29, 0.717) is 22.5 Å². The number of benzene rings is 2. The maximum Gasteiger partial charge on any atom is 0.267 e. The Bertz CT molecular complexity index is 1850. The van der Waals surface area contributed by atoms with E-state index in [4.69, 9.17) is 4.74 Å². The average molecular weight is 573 g/mol. The zero-order chi connectivity index (χ0) is 29.4. The number of hydrogen-bond donors (Lipinski definition) is 4. The molecule has 5 aromatic rings. The van der Waals surface area contributed by atoms with E-state index >= 15 is 4.39 Å². The highest BCUT2D eigenvalue weighted by Crippen LogP contribution is 2.40. The Balaban J connectivity index is 1.26. The lowest BCUT2D eigenvalue weighted by atomic mass is 10.1. The van der Waals surface area contributed by atoms with Gasteiger partial charge in [-0.15, -0.1) is 0 Å². The van der Waals surface area contributed by atoms with Gasteiger partial charge in [0.2, 0.25) is 0 Å². The van der Waals surface area contributed by atoms with E-state index in [0.717, 1.165) is 24.5 Å². The summed E-state index contributed by atoms with van der Waals surface area (Å²) in [6.07, 6.45) is 5.04. The lowest BCUT2D eigenvalue weighted by molar-refractivity contribution is 0.102. The van der Waals surface area contributed by atoms with Crippen LogP contribution in [0.25, 0.3) is 16.7 Å². The summed E-state index contributed by atoms with van der Waals surface area (Å²) in [6.45, 7) is 1.64. The number of H-pyrrole nitrogens is 1. The summed E-state index contributed by atoms with van der Waals surface area (Å²) in [5.74, 6) is -1.12. The third-order valence-corrected chi connectivity index (χ3v) is 6.93. The van der Waals surface area contributed by atoms with Crippen molar-refractivity contribution in [3.8, 4) is 17.2 Å². The second-order valence-electron chi connectivity index (χ2n) is 10.1. The summed E-state index contributed by atoms with van der Waals surface area (Å²) in [7, 11) is 0. The SMILES string of the molecule is C[C@H](CO)Nc1n[nH]c2nccc(Oc3ccc(NC(=O)c4cc(C5CC5)cn(-c5ccc(F)cc5)c4=O)cc3F)c12. The number of amides is 1. The molecular formula is C30H26F2N6O4. The standard InChI is InChI=1S/C30H26F2N6O4/c1-16(15-39)34-28-26-25(10-11-33-27(26)36-37-28)42-24-9-6-20(13-23(24)32)35-29(40)22-12-18(17-2-3-17)14-38(30(22)41)21-7-4-19(31)5-8-21/h4-14,16-17,39H,2-3,15H2,1H3,(H,35,40)(H2,33,34,36,37)/t16-/m1/s1. The number of hydrogen-bond acceptors (Lipinski definition) is 7. The number of aromatic nitrogens is 4. The number of anilines is 2. The van der Waals surface area contributed by atoms with Crippen LogP contribution >= 0.6 is 0 Å². The number of carbonyl (C=O) groups is 1. The fourth-order valence-corrected chi connectivity index (χ4v) is 4.57. The molecular weight excluding hydrogens is 546 g/mol. The van der Waals surface area contributed by atoms with Gasteiger partial charge < -0.3 is 20.5 Å². The van der Waals surface area contributed by atoms with E-state index in [1.807, 2.05) is 0 Å². The van der Waals surface area contributed by atoms with Crippen LogP contribution in [0.3, 0.4) is 0 Å². The van der Waals surface area contributed by atoms with Gasteiger partial charge in [-0.05, 0) is 73.7 Å². The number of aromatic amines is 1. The molecule has 1 aliphatic rings. The smallest absolute Gasteiger partial charge is 0.267 e. The molecule has 0 radical (unpaired) electrons. The number of nitrogens with one attached hydrogen (secondary N) is 3. The summed E-state index contributed by atoms with van der Waals surface area (Å²) in [5.41, 5.74) is 1.09. The van der Waals surface area contributed by atoms with E-state index in [1.54, 1.807) is 25.3 Å². The van der Waals surface area contributed by atoms with E-state index in [-0.39, 0.29) is 41.3 Å². The van der Waals surface area contributed by atoms with Crippen LogP contribution in [-0.4, -0.2) is 43.4 Å². The Morgan fingerprint density at radius 2 is 1.93 bits per heavy atom. The second-order valence-corrected chi connectivity index (χ2v) is 10.1. The third-order valence-electron chi connectivity index (χ3n) is 6.93. The molecule has 1 fully saturated rings. The van der Waals surface area contributed by atoms with Crippen LogP contribution in [0.4, 0.5) is 20.3 Å². The first kappa shape index (κ1) is 27.1. The first-order chi connectivity index (χ1) is 20.3. The van der Waals surface area contributed by atoms with Crippen molar-refractivity contribution < 1.29 is 23.4 Å². The van der Waals surface area contributed by atoms with Crippen molar-refractivity contribution >= 4 is 28.4 Å².